The molecule has 0 saturated carbocycles. The SMILES string of the molecule is C=CCCCOC(=O)CCCCC(=O)OCCCCCCCCCCCCCCCCCCCC. The molecule has 0 heterocycles. The standard InChI is InChI=1S/C31H58O4/c1-3-5-7-8-9-10-11-12-13-14-15-16-17-18-19-20-21-25-29-35-31(33)27-23-22-26-30(32)34-28-24-6-4-2/h4H,2-3,5-29H2,1H3. The molecule has 0 atom stereocenters. The largest absolute Gasteiger partial charge is 0.466 e. The molecule has 0 aromatic rings. The Bertz CT molecular complexity index is 475. The molecule has 0 aliphatic carbocycles. The molecule has 4 heteroatoms. The first kappa shape index (κ1) is 33.7. The number of esters is 2. The molecule has 0 fully saturated rings. The molecular weight excluding hydrogens is 436 g/mol. The molecule has 0 spiro atoms. The van der Waals surface area contributed by atoms with Gasteiger partial charge in [-0.1, -0.05) is 122 Å². The first-order valence-corrected chi connectivity index (χ1v) is 15.1. The molecular formula is C31H58O4. The Morgan fingerprint density at radius 1 is 0.514 bits per heavy atom. The first-order valence-electron chi connectivity index (χ1n) is 15.1. The van der Waals surface area contributed by atoms with Crippen LogP contribution < -0.4 is 0 Å². The minimum absolute atomic E-state index is 0.142. The average Bonchev–Trinajstić information content (AvgIpc) is 2.86. The van der Waals surface area contributed by atoms with Gasteiger partial charge in [0, 0.05) is 12.8 Å². The lowest BCUT2D eigenvalue weighted by molar-refractivity contribution is -0.146. The molecule has 0 amide bonds. The van der Waals surface area contributed by atoms with Gasteiger partial charge in [0.25, 0.3) is 0 Å². The molecule has 0 aromatic carbocycles. The summed E-state index contributed by atoms with van der Waals surface area (Å²) in [6.45, 7) is 6.90. The number of carbonyl (C=O) groups is 2. The van der Waals surface area contributed by atoms with Crippen LogP contribution in [-0.2, 0) is 19.1 Å². The van der Waals surface area contributed by atoms with E-state index in [2.05, 4.69) is 13.5 Å². The van der Waals surface area contributed by atoms with Gasteiger partial charge in [0.05, 0.1) is 13.2 Å². The Labute approximate surface area is 218 Å². The fraction of sp³-hybridized carbons (Fsp3) is 0.871. The molecule has 0 aliphatic heterocycles. The average molecular weight is 495 g/mol. The van der Waals surface area contributed by atoms with Crippen LogP contribution in [0, 0.1) is 0 Å². The van der Waals surface area contributed by atoms with Gasteiger partial charge < -0.3 is 9.47 Å². The smallest absolute Gasteiger partial charge is 0.305 e. The lowest BCUT2D eigenvalue weighted by Crippen LogP contribution is -2.08. The van der Waals surface area contributed by atoms with E-state index in [1.54, 1.807) is 0 Å². The van der Waals surface area contributed by atoms with Crippen LogP contribution in [0.25, 0.3) is 0 Å². The zero-order valence-corrected chi connectivity index (χ0v) is 23.3. The van der Waals surface area contributed by atoms with E-state index in [1.807, 2.05) is 6.08 Å². The van der Waals surface area contributed by atoms with E-state index in [-0.39, 0.29) is 11.9 Å². The molecule has 0 N–H and O–H groups in total. The van der Waals surface area contributed by atoms with Crippen molar-refractivity contribution >= 4 is 11.9 Å². The van der Waals surface area contributed by atoms with Crippen molar-refractivity contribution in [1.82, 2.24) is 0 Å². The van der Waals surface area contributed by atoms with E-state index >= 15 is 0 Å². The highest BCUT2D eigenvalue weighted by Gasteiger charge is 2.06. The molecule has 0 rings (SSSR count). The highest BCUT2D eigenvalue weighted by atomic mass is 16.5. The monoisotopic (exact) mass is 494 g/mol. The van der Waals surface area contributed by atoms with Gasteiger partial charge in [0.15, 0.2) is 0 Å². The number of rotatable bonds is 28. The number of hydrogen-bond donors (Lipinski definition) is 0. The summed E-state index contributed by atoms with van der Waals surface area (Å²) in [4.78, 5) is 23.3. The summed E-state index contributed by atoms with van der Waals surface area (Å²) in [5.41, 5.74) is 0. The molecule has 0 radical (unpaired) electrons. The summed E-state index contributed by atoms with van der Waals surface area (Å²) < 4.78 is 10.4. The summed E-state index contributed by atoms with van der Waals surface area (Å²) in [5, 5.41) is 0. The van der Waals surface area contributed by atoms with E-state index in [9.17, 15) is 9.59 Å². The number of ether oxygens (including phenoxy) is 2. The van der Waals surface area contributed by atoms with Crippen molar-refractivity contribution in [2.75, 3.05) is 13.2 Å². The van der Waals surface area contributed by atoms with Crippen LogP contribution in [0.2, 0.25) is 0 Å². The Balaban J connectivity index is 3.21. The molecule has 206 valence electrons. The zero-order valence-electron chi connectivity index (χ0n) is 23.3. The van der Waals surface area contributed by atoms with Crippen LogP contribution in [0.3, 0.4) is 0 Å². The fourth-order valence-electron chi connectivity index (χ4n) is 4.29. The van der Waals surface area contributed by atoms with Gasteiger partial charge in [0.2, 0.25) is 0 Å². The van der Waals surface area contributed by atoms with Gasteiger partial charge in [0.1, 0.15) is 0 Å². The van der Waals surface area contributed by atoms with Crippen LogP contribution in [0.15, 0.2) is 12.7 Å². The van der Waals surface area contributed by atoms with Crippen molar-refractivity contribution in [3.63, 3.8) is 0 Å². The summed E-state index contributed by atoms with van der Waals surface area (Å²) in [6, 6.07) is 0. The zero-order chi connectivity index (χ0) is 25.7. The molecule has 0 aromatic heterocycles. The van der Waals surface area contributed by atoms with Crippen molar-refractivity contribution in [2.45, 2.75) is 161 Å². The third-order valence-electron chi connectivity index (χ3n) is 6.59. The fourth-order valence-corrected chi connectivity index (χ4v) is 4.29. The Kier molecular flexibility index (Phi) is 27.8. The topological polar surface area (TPSA) is 52.6 Å². The van der Waals surface area contributed by atoms with E-state index in [1.165, 1.54) is 103 Å². The summed E-state index contributed by atoms with van der Waals surface area (Å²) in [6.07, 6.45) is 30.0. The van der Waals surface area contributed by atoms with Gasteiger partial charge in [-0.25, -0.2) is 0 Å². The van der Waals surface area contributed by atoms with E-state index < -0.39 is 0 Å². The third kappa shape index (κ3) is 28.8. The summed E-state index contributed by atoms with van der Waals surface area (Å²) >= 11 is 0. The number of hydrogen-bond acceptors (Lipinski definition) is 4. The maximum absolute atomic E-state index is 11.8. The maximum atomic E-state index is 11.8. The van der Waals surface area contributed by atoms with Crippen molar-refractivity contribution in [2.24, 2.45) is 0 Å². The molecule has 0 saturated heterocycles. The third-order valence-corrected chi connectivity index (χ3v) is 6.59. The van der Waals surface area contributed by atoms with Crippen LogP contribution in [0.1, 0.15) is 161 Å². The summed E-state index contributed by atoms with van der Waals surface area (Å²) in [7, 11) is 0. The molecule has 0 bridgehead atoms. The maximum Gasteiger partial charge on any atom is 0.305 e. The second-order valence-corrected chi connectivity index (χ2v) is 10.1. The number of carbonyl (C=O) groups excluding carboxylic acids is 2. The van der Waals surface area contributed by atoms with Crippen molar-refractivity contribution < 1.29 is 19.1 Å². The van der Waals surface area contributed by atoms with E-state index in [0.717, 1.165) is 25.7 Å². The van der Waals surface area contributed by atoms with Gasteiger partial charge >= 0.3 is 11.9 Å². The van der Waals surface area contributed by atoms with Gasteiger partial charge in [-0.3, -0.25) is 9.59 Å². The molecule has 0 aliphatic rings. The van der Waals surface area contributed by atoms with Crippen LogP contribution in [0.5, 0.6) is 0 Å². The highest BCUT2D eigenvalue weighted by molar-refractivity contribution is 5.70. The lowest BCUT2D eigenvalue weighted by atomic mass is 10.0. The first-order chi connectivity index (χ1) is 17.2. The van der Waals surface area contributed by atoms with Gasteiger partial charge in [-0.2, -0.15) is 0 Å². The van der Waals surface area contributed by atoms with Crippen LogP contribution >= 0.6 is 0 Å². The Hall–Kier alpha value is -1.32. The Morgan fingerprint density at radius 3 is 1.23 bits per heavy atom. The quantitative estimate of drug-likeness (QED) is 0.0617. The van der Waals surface area contributed by atoms with Gasteiger partial charge in [-0.05, 0) is 32.1 Å². The second-order valence-electron chi connectivity index (χ2n) is 10.1. The molecule has 35 heavy (non-hydrogen) atoms. The number of unbranched alkanes of at least 4 members (excludes halogenated alkanes) is 19. The minimum atomic E-state index is -0.179. The van der Waals surface area contributed by atoms with Crippen LogP contribution in [0.4, 0.5) is 0 Å². The molecule has 0 unspecified atom stereocenters. The van der Waals surface area contributed by atoms with Crippen molar-refractivity contribution in [3.05, 3.63) is 12.7 Å². The second kappa shape index (κ2) is 28.9. The van der Waals surface area contributed by atoms with Crippen molar-refractivity contribution in [1.29, 1.82) is 0 Å². The number of allylic oxidation sites excluding steroid dienone is 1. The predicted octanol–water partition coefficient (Wildman–Crippen LogP) is 9.64. The van der Waals surface area contributed by atoms with Crippen molar-refractivity contribution in [3.8, 4) is 0 Å². The lowest BCUT2D eigenvalue weighted by Gasteiger charge is -2.06. The Morgan fingerprint density at radius 2 is 0.857 bits per heavy atom. The summed E-state index contributed by atoms with van der Waals surface area (Å²) in [5.74, 6) is -0.322. The van der Waals surface area contributed by atoms with E-state index in [0.29, 0.717) is 38.9 Å². The van der Waals surface area contributed by atoms with Crippen LogP contribution in [-0.4, -0.2) is 25.2 Å². The molecule has 4 nitrogen and oxygen atoms in total. The normalized spacial score (nSPS) is 10.9. The highest BCUT2D eigenvalue weighted by Crippen LogP contribution is 2.14. The van der Waals surface area contributed by atoms with Gasteiger partial charge in [-0.15, -0.1) is 6.58 Å². The predicted molar refractivity (Wildman–Crippen MR) is 149 cm³/mol. The van der Waals surface area contributed by atoms with E-state index in [4.69, 9.17) is 9.47 Å². The minimum Gasteiger partial charge on any atom is -0.466 e.